The highest BCUT2D eigenvalue weighted by molar-refractivity contribution is 7.14. The molecule has 0 saturated carbocycles. The molecule has 3 rings (SSSR count). The maximum atomic E-state index is 12.6. The number of ether oxygens (including phenoxy) is 1. The minimum absolute atomic E-state index is 0.109. The lowest BCUT2D eigenvalue weighted by atomic mass is 9.97. The minimum atomic E-state index is -0.165. The SMILES string of the molecule is CCOC(=O)C1CCN(C(=O)c2csc(Nc3cccc(Cl)c3)n2)CC1. The number of rotatable bonds is 5. The van der Waals surface area contributed by atoms with Crippen molar-refractivity contribution < 1.29 is 14.3 Å². The van der Waals surface area contributed by atoms with E-state index in [2.05, 4.69) is 10.3 Å². The Labute approximate surface area is 161 Å². The fourth-order valence-corrected chi connectivity index (χ4v) is 3.75. The summed E-state index contributed by atoms with van der Waals surface area (Å²) in [5, 5.41) is 6.16. The molecule has 0 aliphatic carbocycles. The summed E-state index contributed by atoms with van der Waals surface area (Å²) in [5.74, 6) is -0.390. The lowest BCUT2D eigenvalue weighted by Crippen LogP contribution is -2.40. The molecule has 1 aromatic carbocycles. The molecule has 1 aliphatic heterocycles. The molecule has 0 spiro atoms. The van der Waals surface area contributed by atoms with E-state index in [1.807, 2.05) is 12.1 Å². The van der Waals surface area contributed by atoms with Crippen LogP contribution in [0.15, 0.2) is 29.6 Å². The third kappa shape index (κ3) is 4.53. The molecule has 1 saturated heterocycles. The van der Waals surface area contributed by atoms with Gasteiger partial charge in [0, 0.05) is 29.2 Å². The summed E-state index contributed by atoms with van der Waals surface area (Å²) in [7, 11) is 0. The molecule has 1 N–H and O–H groups in total. The van der Waals surface area contributed by atoms with Crippen LogP contribution in [-0.2, 0) is 9.53 Å². The van der Waals surface area contributed by atoms with Crippen LogP contribution >= 0.6 is 22.9 Å². The van der Waals surface area contributed by atoms with Crippen LogP contribution in [0.4, 0.5) is 10.8 Å². The van der Waals surface area contributed by atoms with Crippen molar-refractivity contribution in [3.05, 3.63) is 40.4 Å². The fourth-order valence-electron chi connectivity index (χ4n) is 2.86. The zero-order chi connectivity index (χ0) is 18.5. The third-order valence-corrected chi connectivity index (χ3v) is 5.19. The van der Waals surface area contributed by atoms with Crippen LogP contribution < -0.4 is 5.32 Å². The molecule has 138 valence electrons. The van der Waals surface area contributed by atoms with Gasteiger partial charge in [0.05, 0.1) is 12.5 Å². The van der Waals surface area contributed by atoms with E-state index in [9.17, 15) is 9.59 Å². The van der Waals surface area contributed by atoms with E-state index in [4.69, 9.17) is 16.3 Å². The van der Waals surface area contributed by atoms with E-state index >= 15 is 0 Å². The second-order valence-corrected chi connectivity index (χ2v) is 7.29. The Bertz CT molecular complexity index is 787. The number of carbonyl (C=O) groups is 2. The topological polar surface area (TPSA) is 71.5 Å². The van der Waals surface area contributed by atoms with Crippen LogP contribution in [0.25, 0.3) is 0 Å². The van der Waals surface area contributed by atoms with Crippen molar-refractivity contribution in [1.82, 2.24) is 9.88 Å². The molecule has 2 aromatic rings. The maximum Gasteiger partial charge on any atom is 0.309 e. The molecule has 1 fully saturated rings. The number of thiazole rings is 1. The Hall–Kier alpha value is -2.12. The number of hydrogen-bond donors (Lipinski definition) is 1. The molecule has 8 heteroatoms. The van der Waals surface area contributed by atoms with Crippen molar-refractivity contribution >= 4 is 45.6 Å². The molecule has 0 bridgehead atoms. The van der Waals surface area contributed by atoms with E-state index in [1.165, 1.54) is 11.3 Å². The Morgan fingerprint density at radius 1 is 1.38 bits per heavy atom. The van der Waals surface area contributed by atoms with Gasteiger partial charge in [-0.1, -0.05) is 17.7 Å². The highest BCUT2D eigenvalue weighted by Gasteiger charge is 2.29. The van der Waals surface area contributed by atoms with E-state index in [1.54, 1.807) is 29.3 Å². The summed E-state index contributed by atoms with van der Waals surface area (Å²) in [4.78, 5) is 30.5. The Balaban J connectivity index is 1.58. The second-order valence-electron chi connectivity index (χ2n) is 5.99. The van der Waals surface area contributed by atoms with Crippen molar-refractivity contribution in [3.63, 3.8) is 0 Å². The van der Waals surface area contributed by atoms with E-state index in [0.29, 0.717) is 48.4 Å². The molecular formula is C18H20ClN3O3S. The Morgan fingerprint density at radius 2 is 2.15 bits per heavy atom. The monoisotopic (exact) mass is 393 g/mol. The van der Waals surface area contributed by atoms with E-state index < -0.39 is 0 Å². The summed E-state index contributed by atoms with van der Waals surface area (Å²) in [6.07, 6.45) is 1.25. The number of anilines is 2. The van der Waals surface area contributed by atoms with E-state index in [0.717, 1.165) is 5.69 Å². The highest BCUT2D eigenvalue weighted by atomic mass is 35.5. The van der Waals surface area contributed by atoms with Crippen molar-refractivity contribution in [2.24, 2.45) is 5.92 Å². The van der Waals surface area contributed by atoms with Crippen molar-refractivity contribution in [2.45, 2.75) is 19.8 Å². The van der Waals surface area contributed by atoms with Gasteiger partial charge in [-0.05, 0) is 38.0 Å². The first kappa shape index (κ1) is 18.7. The van der Waals surface area contributed by atoms with Gasteiger partial charge in [-0.3, -0.25) is 9.59 Å². The average molecular weight is 394 g/mol. The van der Waals surface area contributed by atoms with Crippen molar-refractivity contribution in [1.29, 1.82) is 0 Å². The molecular weight excluding hydrogens is 374 g/mol. The number of halogens is 1. The highest BCUT2D eigenvalue weighted by Crippen LogP contribution is 2.25. The van der Waals surface area contributed by atoms with Crippen LogP contribution in [0.1, 0.15) is 30.3 Å². The smallest absolute Gasteiger partial charge is 0.309 e. The Kier molecular flexibility index (Phi) is 6.11. The lowest BCUT2D eigenvalue weighted by Gasteiger charge is -2.30. The summed E-state index contributed by atoms with van der Waals surface area (Å²) >= 11 is 7.34. The number of nitrogens with zero attached hydrogens (tertiary/aromatic N) is 2. The van der Waals surface area contributed by atoms with E-state index in [-0.39, 0.29) is 17.8 Å². The number of benzene rings is 1. The molecule has 1 aliphatic rings. The largest absolute Gasteiger partial charge is 0.466 e. The van der Waals surface area contributed by atoms with Gasteiger partial charge in [0.25, 0.3) is 5.91 Å². The summed E-state index contributed by atoms with van der Waals surface area (Å²) in [5.41, 5.74) is 1.23. The number of likely N-dealkylation sites (tertiary alicyclic amines) is 1. The third-order valence-electron chi connectivity index (χ3n) is 4.20. The number of carbonyl (C=O) groups excluding carboxylic acids is 2. The van der Waals surface area contributed by atoms with Crippen LogP contribution in [0.2, 0.25) is 5.02 Å². The maximum absolute atomic E-state index is 12.6. The first-order valence-electron chi connectivity index (χ1n) is 8.51. The summed E-state index contributed by atoms with van der Waals surface area (Å²) in [6.45, 7) is 3.26. The zero-order valence-electron chi connectivity index (χ0n) is 14.4. The zero-order valence-corrected chi connectivity index (χ0v) is 16.0. The molecule has 0 radical (unpaired) electrons. The summed E-state index contributed by atoms with van der Waals surface area (Å²) in [6, 6.07) is 7.32. The van der Waals surface area contributed by atoms with Crippen LogP contribution in [0.5, 0.6) is 0 Å². The van der Waals surface area contributed by atoms with Gasteiger partial charge in [-0.2, -0.15) is 0 Å². The molecule has 26 heavy (non-hydrogen) atoms. The molecule has 1 amide bonds. The van der Waals surface area contributed by atoms with Gasteiger partial charge >= 0.3 is 5.97 Å². The van der Waals surface area contributed by atoms with Crippen molar-refractivity contribution in [2.75, 3.05) is 25.0 Å². The number of nitrogens with one attached hydrogen (secondary N) is 1. The van der Waals surface area contributed by atoms with Gasteiger partial charge in [0.1, 0.15) is 5.69 Å². The number of hydrogen-bond acceptors (Lipinski definition) is 6. The van der Waals surface area contributed by atoms with Gasteiger partial charge in [0.15, 0.2) is 5.13 Å². The normalized spacial score (nSPS) is 14.9. The fraction of sp³-hybridized carbons (Fsp3) is 0.389. The lowest BCUT2D eigenvalue weighted by molar-refractivity contribution is -0.149. The predicted octanol–water partition coefficient (Wildman–Crippen LogP) is 3.96. The number of esters is 1. The van der Waals surface area contributed by atoms with Gasteiger partial charge < -0.3 is 15.0 Å². The standard InChI is InChI=1S/C18H20ClN3O3S/c1-2-25-17(24)12-6-8-22(9-7-12)16(23)15-11-26-18(21-15)20-14-5-3-4-13(19)10-14/h3-5,10-12H,2,6-9H2,1H3,(H,20,21). The number of piperidine rings is 1. The number of amides is 1. The predicted molar refractivity (Wildman–Crippen MR) is 102 cm³/mol. The first-order chi connectivity index (χ1) is 12.6. The molecule has 0 atom stereocenters. The average Bonchev–Trinajstić information content (AvgIpc) is 3.10. The van der Waals surface area contributed by atoms with Gasteiger partial charge in [0.2, 0.25) is 0 Å². The second kappa shape index (κ2) is 8.51. The molecule has 2 heterocycles. The number of aromatic nitrogens is 1. The van der Waals surface area contributed by atoms with Crippen LogP contribution in [0, 0.1) is 5.92 Å². The first-order valence-corrected chi connectivity index (χ1v) is 9.76. The quantitative estimate of drug-likeness (QED) is 0.778. The summed E-state index contributed by atoms with van der Waals surface area (Å²) < 4.78 is 5.06. The van der Waals surface area contributed by atoms with Gasteiger partial charge in [-0.15, -0.1) is 11.3 Å². The van der Waals surface area contributed by atoms with Crippen molar-refractivity contribution in [3.8, 4) is 0 Å². The molecule has 1 aromatic heterocycles. The van der Waals surface area contributed by atoms with Crippen LogP contribution in [0.3, 0.4) is 0 Å². The molecule has 0 unspecified atom stereocenters. The minimum Gasteiger partial charge on any atom is -0.466 e. The van der Waals surface area contributed by atoms with Gasteiger partial charge in [-0.25, -0.2) is 4.98 Å². The van der Waals surface area contributed by atoms with Crippen LogP contribution in [-0.4, -0.2) is 41.5 Å². The molecule has 6 nitrogen and oxygen atoms in total. The Morgan fingerprint density at radius 3 is 2.85 bits per heavy atom.